The third-order valence-electron chi connectivity index (χ3n) is 4.55. The predicted octanol–water partition coefficient (Wildman–Crippen LogP) is 4.42. The standard InChI is InChI=1S/C19H33N3/c1-3-5-7-9-12-19(22-14-10-8-6-4-2)13-11-18(21)15-17(19)16-20/h11,13,15,17,22H,3-10,12,14,21H2,1-2H3. The van der Waals surface area contributed by atoms with E-state index in [0.29, 0.717) is 5.70 Å². The van der Waals surface area contributed by atoms with Crippen LogP contribution in [0.5, 0.6) is 0 Å². The molecule has 0 aromatic heterocycles. The number of allylic oxidation sites excluding steroid dienone is 1. The molecule has 0 aliphatic heterocycles. The summed E-state index contributed by atoms with van der Waals surface area (Å²) in [6.07, 6.45) is 16.9. The summed E-state index contributed by atoms with van der Waals surface area (Å²) < 4.78 is 0. The van der Waals surface area contributed by atoms with E-state index in [-0.39, 0.29) is 11.5 Å². The number of unbranched alkanes of at least 4 members (excludes halogenated alkanes) is 6. The fourth-order valence-electron chi connectivity index (χ4n) is 3.11. The summed E-state index contributed by atoms with van der Waals surface area (Å²) in [6.45, 7) is 5.43. The van der Waals surface area contributed by atoms with Crippen LogP contribution in [0, 0.1) is 17.2 Å². The second-order valence-corrected chi connectivity index (χ2v) is 6.45. The molecule has 1 rings (SSSR count). The molecule has 124 valence electrons. The lowest BCUT2D eigenvalue weighted by molar-refractivity contribution is 0.311. The van der Waals surface area contributed by atoms with E-state index in [1.807, 2.05) is 12.2 Å². The van der Waals surface area contributed by atoms with E-state index in [9.17, 15) is 5.26 Å². The number of hydrogen-bond donors (Lipinski definition) is 2. The van der Waals surface area contributed by atoms with Gasteiger partial charge in [0.2, 0.25) is 0 Å². The van der Waals surface area contributed by atoms with Crippen LogP contribution in [-0.4, -0.2) is 12.1 Å². The van der Waals surface area contributed by atoms with Gasteiger partial charge < -0.3 is 11.1 Å². The number of nitriles is 1. The quantitative estimate of drug-likeness (QED) is 0.555. The van der Waals surface area contributed by atoms with Crippen molar-refractivity contribution in [2.75, 3.05) is 6.54 Å². The Labute approximate surface area is 136 Å². The zero-order valence-electron chi connectivity index (χ0n) is 14.4. The fraction of sp³-hybridized carbons (Fsp3) is 0.737. The molecule has 3 N–H and O–H groups in total. The van der Waals surface area contributed by atoms with E-state index in [2.05, 4.69) is 31.3 Å². The lowest BCUT2D eigenvalue weighted by Gasteiger charge is -2.37. The minimum absolute atomic E-state index is 0.162. The molecule has 3 heteroatoms. The molecular formula is C19H33N3. The third-order valence-corrected chi connectivity index (χ3v) is 4.55. The van der Waals surface area contributed by atoms with Gasteiger partial charge in [-0.3, -0.25) is 0 Å². The highest BCUT2D eigenvalue weighted by atomic mass is 15.0. The van der Waals surface area contributed by atoms with Crippen LogP contribution >= 0.6 is 0 Å². The maximum absolute atomic E-state index is 9.56. The number of nitrogens with zero attached hydrogens (tertiary/aromatic N) is 1. The van der Waals surface area contributed by atoms with E-state index in [1.54, 1.807) is 0 Å². The van der Waals surface area contributed by atoms with Crippen molar-refractivity contribution >= 4 is 0 Å². The Morgan fingerprint density at radius 1 is 1.14 bits per heavy atom. The van der Waals surface area contributed by atoms with E-state index in [4.69, 9.17) is 5.73 Å². The summed E-state index contributed by atoms with van der Waals surface area (Å²) in [5.74, 6) is -0.162. The fourth-order valence-corrected chi connectivity index (χ4v) is 3.11. The summed E-state index contributed by atoms with van der Waals surface area (Å²) in [7, 11) is 0. The van der Waals surface area contributed by atoms with Gasteiger partial charge in [-0.15, -0.1) is 0 Å². The Morgan fingerprint density at radius 2 is 1.82 bits per heavy atom. The molecular weight excluding hydrogens is 270 g/mol. The van der Waals surface area contributed by atoms with Crippen LogP contribution in [-0.2, 0) is 0 Å². The van der Waals surface area contributed by atoms with Crippen LogP contribution in [0.25, 0.3) is 0 Å². The molecule has 0 amide bonds. The van der Waals surface area contributed by atoms with Crippen molar-refractivity contribution in [2.24, 2.45) is 11.7 Å². The van der Waals surface area contributed by atoms with Crippen LogP contribution in [0.1, 0.15) is 71.6 Å². The highest BCUT2D eigenvalue weighted by Crippen LogP contribution is 2.31. The first-order valence-electron chi connectivity index (χ1n) is 8.99. The topological polar surface area (TPSA) is 61.8 Å². The van der Waals surface area contributed by atoms with Crippen LogP contribution < -0.4 is 11.1 Å². The van der Waals surface area contributed by atoms with Crippen molar-refractivity contribution in [1.29, 1.82) is 5.26 Å². The first-order chi connectivity index (χ1) is 10.7. The molecule has 3 nitrogen and oxygen atoms in total. The highest BCUT2D eigenvalue weighted by Gasteiger charge is 2.36. The van der Waals surface area contributed by atoms with Crippen LogP contribution in [0.3, 0.4) is 0 Å². The molecule has 0 saturated carbocycles. The monoisotopic (exact) mass is 303 g/mol. The Balaban J connectivity index is 2.64. The van der Waals surface area contributed by atoms with E-state index in [0.717, 1.165) is 19.4 Å². The second kappa shape index (κ2) is 10.5. The van der Waals surface area contributed by atoms with Gasteiger partial charge in [-0.25, -0.2) is 0 Å². The molecule has 22 heavy (non-hydrogen) atoms. The van der Waals surface area contributed by atoms with E-state index >= 15 is 0 Å². The van der Waals surface area contributed by atoms with Crippen LogP contribution in [0.2, 0.25) is 0 Å². The lowest BCUT2D eigenvalue weighted by atomic mass is 9.76. The highest BCUT2D eigenvalue weighted by molar-refractivity contribution is 5.33. The summed E-state index contributed by atoms with van der Waals surface area (Å²) in [5, 5.41) is 13.2. The summed E-state index contributed by atoms with van der Waals surface area (Å²) >= 11 is 0. The van der Waals surface area contributed by atoms with Gasteiger partial charge in [0.1, 0.15) is 0 Å². The van der Waals surface area contributed by atoms with Gasteiger partial charge in [-0.2, -0.15) is 5.26 Å². The zero-order valence-corrected chi connectivity index (χ0v) is 14.4. The van der Waals surface area contributed by atoms with Crippen molar-refractivity contribution in [3.63, 3.8) is 0 Å². The molecule has 2 unspecified atom stereocenters. The van der Waals surface area contributed by atoms with E-state index in [1.165, 1.54) is 44.9 Å². The smallest absolute Gasteiger partial charge is 0.0883 e. The Bertz CT molecular complexity index is 405. The van der Waals surface area contributed by atoms with Crippen molar-refractivity contribution in [3.05, 3.63) is 23.9 Å². The molecule has 0 heterocycles. The molecule has 2 atom stereocenters. The maximum Gasteiger partial charge on any atom is 0.0883 e. The average molecular weight is 303 g/mol. The van der Waals surface area contributed by atoms with Gasteiger partial charge in [-0.1, -0.05) is 64.9 Å². The maximum atomic E-state index is 9.56. The number of rotatable bonds is 11. The minimum Gasteiger partial charge on any atom is -0.399 e. The summed E-state index contributed by atoms with van der Waals surface area (Å²) in [4.78, 5) is 0. The van der Waals surface area contributed by atoms with Gasteiger partial charge in [0.25, 0.3) is 0 Å². The van der Waals surface area contributed by atoms with Crippen molar-refractivity contribution < 1.29 is 0 Å². The van der Waals surface area contributed by atoms with Gasteiger partial charge in [0, 0.05) is 5.70 Å². The van der Waals surface area contributed by atoms with Crippen molar-refractivity contribution in [2.45, 2.75) is 77.2 Å². The molecule has 1 aliphatic carbocycles. The Kier molecular flexibility index (Phi) is 8.92. The average Bonchev–Trinajstić information content (AvgIpc) is 2.53. The van der Waals surface area contributed by atoms with E-state index < -0.39 is 0 Å². The lowest BCUT2D eigenvalue weighted by Crippen LogP contribution is -2.50. The van der Waals surface area contributed by atoms with Gasteiger partial charge in [0.15, 0.2) is 0 Å². The molecule has 0 bridgehead atoms. The normalized spacial score (nSPS) is 24.0. The minimum atomic E-state index is -0.225. The third kappa shape index (κ3) is 5.85. The predicted molar refractivity (Wildman–Crippen MR) is 94.1 cm³/mol. The molecule has 0 aromatic carbocycles. The molecule has 0 spiro atoms. The van der Waals surface area contributed by atoms with Crippen molar-refractivity contribution in [1.82, 2.24) is 5.32 Å². The Morgan fingerprint density at radius 3 is 2.45 bits per heavy atom. The molecule has 0 saturated heterocycles. The summed E-state index contributed by atoms with van der Waals surface area (Å²) in [5.41, 5.74) is 6.37. The molecule has 0 radical (unpaired) electrons. The van der Waals surface area contributed by atoms with Gasteiger partial charge in [-0.05, 0) is 31.5 Å². The molecule has 0 fully saturated rings. The van der Waals surface area contributed by atoms with Gasteiger partial charge >= 0.3 is 0 Å². The number of hydrogen-bond acceptors (Lipinski definition) is 3. The second-order valence-electron chi connectivity index (χ2n) is 6.45. The Hall–Kier alpha value is -1.27. The number of nitrogens with one attached hydrogen (secondary N) is 1. The number of nitrogens with two attached hydrogens (primary N) is 1. The van der Waals surface area contributed by atoms with Crippen molar-refractivity contribution in [3.8, 4) is 6.07 Å². The van der Waals surface area contributed by atoms with Crippen LogP contribution in [0.15, 0.2) is 23.9 Å². The zero-order chi connectivity index (χ0) is 16.3. The van der Waals surface area contributed by atoms with Crippen LogP contribution in [0.4, 0.5) is 0 Å². The molecule has 0 aromatic rings. The first kappa shape index (κ1) is 18.8. The SMILES string of the molecule is CCCCCCNC1(CCCCCC)C=CC(N)=CC1C#N. The largest absolute Gasteiger partial charge is 0.399 e. The summed E-state index contributed by atoms with van der Waals surface area (Å²) in [6, 6.07) is 2.45. The first-order valence-corrected chi connectivity index (χ1v) is 8.99. The van der Waals surface area contributed by atoms with Gasteiger partial charge in [0.05, 0.1) is 17.5 Å². The molecule has 1 aliphatic rings.